The van der Waals surface area contributed by atoms with Crippen molar-refractivity contribution >= 4 is 46.3 Å². The minimum atomic E-state index is -1.48. The van der Waals surface area contributed by atoms with Gasteiger partial charge in [-0.2, -0.15) is 0 Å². The highest BCUT2D eigenvalue weighted by Crippen LogP contribution is 2.22. The van der Waals surface area contributed by atoms with Crippen LogP contribution in [0, 0.1) is 0 Å². The number of aliphatic hydroxyl groups is 1. The van der Waals surface area contributed by atoms with Crippen molar-refractivity contribution < 1.29 is 39.0 Å². The van der Waals surface area contributed by atoms with Crippen molar-refractivity contribution in [2.45, 2.75) is 88.1 Å². The smallest absolute Gasteiger partial charge is 0.246 e. The van der Waals surface area contributed by atoms with Crippen molar-refractivity contribution in [3.63, 3.8) is 0 Å². The molecular formula is C37H48N8O8. The first kappa shape index (κ1) is 38.7. The molecule has 2 fully saturated rings. The van der Waals surface area contributed by atoms with E-state index in [1.54, 1.807) is 18.3 Å². The second-order valence-corrected chi connectivity index (χ2v) is 13.6. The Hall–Kier alpha value is -5.48. The van der Waals surface area contributed by atoms with E-state index in [0.29, 0.717) is 43.4 Å². The molecule has 0 bridgehead atoms. The molecule has 16 heteroatoms. The molecule has 3 heterocycles. The molecular weight excluding hydrogens is 684 g/mol. The molecule has 5 rings (SSSR count). The van der Waals surface area contributed by atoms with E-state index in [1.165, 1.54) is 24.0 Å². The quantitative estimate of drug-likeness (QED) is 0.125. The Morgan fingerprint density at radius 1 is 0.755 bits per heavy atom. The van der Waals surface area contributed by atoms with Crippen LogP contribution in [0.1, 0.15) is 50.2 Å². The van der Waals surface area contributed by atoms with Crippen LogP contribution >= 0.6 is 0 Å². The molecule has 0 aliphatic carbocycles. The highest BCUT2D eigenvalue weighted by Gasteiger charge is 2.40. The van der Waals surface area contributed by atoms with Gasteiger partial charge in [0.05, 0.1) is 6.61 Å². The summed E-state index contributed by atoms with van der Waals surface area (Å²) in [5, 5.41) is 34.1. The van der Waals surface area contributed by atoms with Gasteiger partial charge in [-0.3, -0.25) is 28.8 Å². The number of aliphatic hydroxyl groups excluding tert-OH is 1. The Morgan fingerprint density at radius 2 is 1.42 bits per heavy atom. The van der Waals surface area contributed by atoms with Crippen molar-refractivity contribution in [3.05, 3.63) is 65.9 Å². The minimum Gasteiger partial charge on any atom is -0.508 e. The number of aromatic hydroxyl groups is 1. The number of phenols is 1. The number of unbranched alkanes of at least 4 members (excludes halogenated alkanes) is 1. The summed E-state index contributed by atoms with van der Waals surface area (Å²) >= 11 is 0. The third kappa shape index (κ3) is 9.70. The zero-order valence-corrected chi connectivity index (χ0v) is 29.6. The number of rotatable bonds is 9. The van der Waals surface area contributed by atoms with E-state index in [2.05, 4.69) is 31.6 Å². The first-order chi connectivity index (χ1) is 25.5. The third-order valence-electron chi connectivity index (χ3n) is 9.71. The number of para-hydroxylation sites is 1. The topological polar surface area (TPSA) is 248 Å². The van der Waals surface area contributed by atoms with Crippen molar-refractivity contribution in [3.8, 4) is 5.75 Å². The molecule has 53 heavy (non-hydrogen) atoms. The number of hydrogen-bond donors (Lipinski definition) is 9. The SMILES string of the molecule is C[C@@H]1NC(=O)[C@H]2CCCN2C(=O)[C@H](Cc2ccc(O)cc2)NC(=O)[C@H](CCCCN)NC(=O)[C@H](Cc2c[nH]c3ccccc23)NC(=O)[C@H](CO)NC1=O. The fourth-order valence-electron chi connectivity index (χ4n) is 6.75. The van der Waals surface area contributed by atoms with E-state index in [1.807, 2.05) is 24.3 Å². The average molecular weight is 733 g/mol. The number of aromatic nitrogens is 1. The maximum absolute atomic E-state index is 14.2. The number of aromatic amines is 1. The molecule has 0 radical (unpaired) electrons. The molecule has 0 unspecified atom stereocenters. The van der Waals surface area contributed by atoms with E-state index >= 15 is 0 Å². The van der Waals surface area contributed by atoms with Crippen LogP contribution in [0.3, 0.4) is 0 Å². The van der Waals surface area contributed by atoms with Crippen LogP contribution in [0.4, 0.5) is 0 Å². The molecule has 16 nitrogen and oxygen atoms in total. The summed E-state index contributed by atoms with van der Waals surface area (Å²) in [5.74, 6) is -4.08. The molecule has 0 saturated carbocycles. The molecule has 2 saturated heterocycles. The van der Waals surface area contributed by atoms with E-state index in [9.17, 15) is 39.0 Å². The molecule has 6 atom stereocenters. The second-order valence-electron chi connectivity index (χ2n) is 13.6. The van der Waals surface area contributed by atoms with Crippen LogP contribution in [0.25, 0.3) is 10.9 Å². The summed E-state index contributed by atoms with van der Waals surface area (Å²) in [6.45, 7) is 1.16. The maximum atomic E-state index is 14.2. The Labute approximate surface area is 306 Å². The Bertz CT molecular complexity index is 1800. The Morgan fingerprint density at radius 3 is 2.15 bits per heavy atom. The molecule has 284 valence electrons. The van der Waals surface area contributed by atoms with E-state index in [0.717, 1.165) is 10.9 Å². The van der Waals surface area contributed by atoms with Gasteiger partial charge < -0.3 is 52.4 Å². The maximum Gasteiger partial charge on any atom is 0.246 e. The number of carbonyl (C=O) groups is 6. The zero-order valence-electron chi connectivity index (χ0n) is 29.6. The van der Waals surface area contributed by atoms with Gasteiger partial charge in [-0.15, -0.1) is 0 Å². The zero-order chi connectivity index (χ0) is 38.1. The fourth-order valence-corrected chi connectivity index (χ4v) is 6.75. The molecule has 2 aliphatic rings. The number of amides is 6. The summed E-state index contributed by atoms with van der Waals surface area (Å²) in [4.78, 5) is 87.3. The summed E-state index contributed by atoms with van der Waals surface area (Å²) in [7, 11) is 0. The van der Waals surface area contributed by atoms with Crippen LogP contribution in [0.2, 0.25) is 0 Å². The lowest BCUT2D eigenvalue weighted by Crippen LogP contribution is -2.61. The van der Waals surface area contributed by atoms with E-state index < -0.39 is 78.3 Å². The molecule has 3 aromatic rings. The minimum absolute atomic E-state index is 0.0137. The Kier molecular flexibility index (Phi) is 13.0. The van der Waals surface area contributed by atoms with Crippen molar-refractivity contribution in [2.24, 2.45) is 5.73 Å². The Balaban J connectivity index is 1.52. The van der Waals surface area contributed by atoms with Crippen molar-refractivity contribution in [1.29, 1.82) is 0 Å². The predicted molar refractivity (Wildman–Crippen MR) is 194 cm³/mol. The van der Waals surface area contributed by atoms with Gasteiger partial charge in [0.15, 0.2) is 0 Å². The first-order valence-corrected chi connectivity index (χ1v) is 17.9. The number of nitrogens with zero attached hydrogens (tertiary/aromatic N) is 1. The highest BCUT2D eigenvalue weighted by molar-refractivity contribution is 5.98. The van der Waals surface area contributed by atoms with Gasteiger partial charge in [0.2, 0.25) is 35.4 Å². The molecule has 2 aromatic carbocycles. The molecule has 2 aliphatic heterocycles. The number of nitrogens with one attached hydrogen (secondary N) is 6. The van der Waals surface area contributed by atoms with E-state index in [4.69, 9.17) is 5.73 Å². The third-order valence-corrected chi connectivity index (χ3v) is 9.71. The fraction of sp³-hybridized carbons (Fsp3) is 0.459. The number of carbonyl (C=O) groups excluding carboxylic acids is 6. The lowest BCUT2D eigenvalue weighted by Gasteiger charge is -2.31. The van der Waals surface area contributed by atoms with Gasteiger partial charge >= 0.3 is 0 Å². The standard InChI is InChI=1S/C37H48N8O8/c1-21-32(48)44-30(20-46)35(51)42-28(18-23-19-39-26-8-3-2-7-25(23)26)34(50)41-27(9-4-5-15-38)33(49)43-29(17-22-11-13-24(47)14-12-22)37(53)45-16-6-10-31(45)36(52)40-21/h2-3,7-8,11-14,19,21,27-31,39,46-47H,4-6,9-10,15-18,20,38H2,1H3,(H,40,52)(H,41,50)(H,42,51)(H,43,49)(H,44,48)/t21-,27-,28-,29-,30-,31+/m0/s1. The molecule has 10 N–H and O–H groups in total. The van der Waals surface area contributed by atoms with Crippen LogP contribution in [0.15, 0.2) is 54.7 Å². The summed E-state index contributed by atoms with van der Waals surface area (Å²) in [6, 6.07) is 6.37. The predicted octanol–water partition coefficient (Wildman–Crippen LogP) is -0.771. The van der Waals surface area contributed by atoms with Crippen LogP contribution < -0.4 is 32.3 Å². The monoisotopic (exact) mass is 732 g/mol. The number of fused-ring (bicyclic) bond motifs is 2. The van der Waals surface area contributed by atoms with Gasteiger partial charge in [0, 0.05) is 36.5 Å². The van der Waals surface area contributed by atoms with Gasteiger partial charge in [-0.05, 0) is 74.9 Å². The lowest BCUT2D eigenvalue weighted by molar-refractivity contribution is -0.142. The first-order valence-electron chi connectivity index (χ1n) is 17.9. The van der Waals surface area contributed by atoms with Crippen molar-refractivity contribution in [2.75, 3.05) is 19.7 Å². The van der Waals surface area contributed by atoms with Gasteiger partial charge in [0.1, 0.15) is 42.0 Å². The lowest BCUT2D eigenvalue weighted by atomic mass is 10.0. The van der Waals surface area contributed by atoms with Crippen molar-refractivity contribution in [1.82, 2.24) is 36.5 Å². The molecule has 6 amide bonds. The van der Waals surface area contributed by atoms with Crippen LogP contribution in [-0.2, 0) is 41.6 Å². The number of phenolic OH excluding ortho intramolecular Hbond substituents is 1. The number of H-pyrrole nitrogens is 1. The van der Waals surface area contributed by atoms with Gasteiger partial charge in [0.25, 0.3) is 0 Å². The highest BCUT2D eigenvalue weighted by atomic mass is 16.3. The average Bonchev–Trinajstić information content (AvgIpc) is 3.81. The summed E-state index contributed by atoms with van der Waals surface area (Å²) in [5.41, 5.74) is 7.85. The number of nitrogens with two attached hydrogens (primary N) is 1. The molecule has 0 spiro atoms. The summed E-state index contributed by atoms with van der Waals surface area (Å²) < 4.78 is 0. The molecule has 1 aromatic heterocycles. The largest absolute Gasteiger partial charge is 0.508 e. The van der Waals surface area contributed by atoms with Crippen LogP contribution in [-0.4, -0.2) is 111 Å². The number of hydrogen-bond acceptors (Lipinski definition) is 9. The van der Waals surface area contributed by atoms with Gasteiger partial charge in [-0.1, -0.05) is 30.3 Å². The summed E-state index contributed by atoms with van der Waals surface area (Å²) in [6.07, 6.45) is 3.67. The number of benzene rings is 2. The van der Waals surface area contributed by atoms with E-state index in [-0.39, 0.29) is 31.6 Å². The normalized spacial score (nSPS) is 25.1. The van der Waals surface area contributed by atoms with Crippen LogP contribution in [0.5, 0.6) is 5.75 Å². The van der Waals surface area contributed by atoms with Gasteiger partial charge in [-0.25, -0.2) is 0 Å². The second kappa shape index (κ2) is 17.8.